The summed E-state index contributed by atoms with van der Waals surface area (Å²) in [6, 6.07) is 0. The highest BCUT2D eigenvalue weighted by molar-refractivity contribution is 6.00. The van der Waals surface area contributed by atoms with Gasteiger partial charge in [-0.15, -0.1) is 0 Å². The van der Waals surface area contributed by atoms with Gasteiger partial charge in [-0.2, -0.15) is 0 Å². The van der Waals surface area contributed by atoms with Gasteiger partial charge in [0.25, 0.3) is 0 Å². The van der Waals surface area contributed by atoms with E-state index in [0.717, 1.165) is 50.5 Å². The van der Waals surface area contributed by atoms with Crippen LogP contribution in [0.5, 0.6) is 0 Å². The summed E-state index contributed by atoms with van der Waals surface area (Å²) in [7, 11) is 1.47. The molecule has 5 aliphatic rings. The van der Waals surface area contributed by atoms with Gasteiger partial charge in [-0.1, -0.05) is 54.0 Å². The molecule has 7 atom stereocenters. The van der Waals surface area contributed by atoms with E-state index < -0.39 is 27.9 Å². The first-order valence-electron chi connectivity index (χ1n) is 13.8. The van der Waals surface area contributed by atoms with E-state index in [1.54, 1.807) is 0 Å². The molecule has 0 amide bonds. The van der Waals surface area contributed by atoms with Crippen LogP contribution in [0.1, 0.15) is 93.4 Å². The zero-order valence-electron chi connectivity index (χ0n) is 23.3. The van der Waals surface area contributed by atoms with E-state index in [0.29, 0.717) is 0 Å². The zero-order chi connectivity index (χ0) is 26.7. The first-order valence-corrected chi connectivity index (χ1v) is 13.8. The number of allylic oxidation sites excluding steroid dienone is 4. The summed E-state index contributed by atoms with van der Waals surface area (Å²) >= 11 is 0. The highest BCUT2D eigenvalue weighted by atomic mass is 19.1. The molecule has 1 unspecified atom stereocenters. The van der Waals surface area contributed by atoms with Crippen LogP contribution in [-0.2, 0) is 19.1 Å². The molecule has 198 valence electrons. The van der Waals surface area contributed by atoms with Crippen molar-refractivity contribution in [3.63, 3.8) is 0 Å². The maximum Gasteiger partial charge on any atom is 0.312 e. The smallest absolute Gasteiger partial charge is 0.312 e. The van der Waals surface area contributed by atoms with Crippen molar-refractivity contribution in [2.24, 2.45) is 50.2 Å². The Morgan fingerprint density at radius 2 is 1.61 bits per heavy atom. The lowest BCUT2D eigenvalue weighted by Crippen LogP contribution is -2.65. The van der Waals surface area contributed by atoms with Crippen molar-refractivity contribution in [2.45, 2.75) is 93.4 Å². The average molecular weight is 499 g/mol. The summed E-state index contributed by atoms with van der Waals surface area (Å²) in [5.41, 5.74) is -1.77. The fraction of sp³-hybridized carbons (Fsp3) is 0.774. The van der Waals surface area contributed by atoms with Gasteiger partial charge < -0.3 is 4.74 Å². The van der Waals surface area contributed by atoms with Gasteiger partial charge in [0, 0.05) is 16.7 Å². The summed E-state index contributed by atoms with van der Waals surface area (Å²) < 4.78 is 20.5. The van der Waals surface area contributed by atoms with Gasteiger partial charge in [0.1, 0.15) is 0 Å². The Hall–Kier alpha value is -1.78. The van der Waals surface area contributed by atoms with Gasteiger partial charge in [-0.3, -0.25) is 14.4 Å². The molecular formula is C31H43FO4. The van der Waals surface area contributed by atoms with E-state index in [4.69, 9.17) is 4.74 Å². The van der Waals surface area contributed by atoms with E-state index in [2.05, 4.69) is 27.7 Å². The number of hydrogen-bond acceptors (Lipinski definition) is 4. The molecule has 3 fully saturated rings. The molecule has 36 heavy (non-hydrogen) atoms. The molecule has 4 nitrogen and oxygen atoms in total. The van der Waals surface area contributed by atoms with Gasteiger partial charge in [-0.05, 0) is 85.2 Å². The standard InChI is InChI=1S/C31H43FO4/c1-26(2)11-13-31(25(35)36-8)14-12-30(7)23(18(31)16-26)20(33)15-22-28(5)17-19(32)24(34)27(3,4)21(28)9-10-29(22,30)6/h15,17-18,21,23H,9-14,16H2,1-8H3/t18-,21?,23-,28-,29+,30+,31-/m0/s1. The Labute approximate surface area is 215 Å². The predicted octanol–water partition coefficient (Wildman–Crippen LogP) is 6.78. The maximum atomic E-state index is 15.1. The van der Waals surface area contributed by atoms with Crippen LogP contribution in [0.15, 0.2) is 23.6 Å². The van der Waals surface area contributed by atoms with Gasteiger partial charge >= 0.3 is 5.97 Å². The van der Waals surface area contributed by atoms with Crippen LogP contribution in [0.3, 0.4) is 0 Å². The Morgan fingerprint density at radius 1 is 0.972 bits per heavy atom. The molecule has 0 N–H and O–H groups in total. The number of rotatable bonds is 1. The third kappa shape index (κ3) is 2.95. The number of halogens is 1. The molecule has 0 aromatic rings. The number of ether oxygens (including phenoxy) is 1. The van der Waals surface area contributed by atoms with E-state index >= 15 is 4.39 Å². The Kier molecular flexibility index (Phi) is 5.32. The summed E-state index contributed by atoms with van der Waals surface area (Å²) in [5.74, 6) is -1.59. The van der Waals surface area contributed by atoms with Crippen LogP contribution in [0, 0.1) is 50.2 Å². The molecule has 0 spiro atoms. The molecule has 5 aliphatic carbocycles. The quantitative estimate of drug-likeness (QED) is 0.374. The molecule has 5 heteroatoms. The molecule has 5 rings (SSSR count). The normalized spacial score (nSPS) is 46.9. The molecule has 3 saturated carbocycles. The molecule has 0 saturated heterocycles. The minimum atomic E-state index is -0.823. The van der Waals surface area contributed by atoms with E-state index in [9.17, 15) is 14.4 Å². The fourth-order valence-electron chi connectivity index (χ4n) is 10.0. The monoisotopic (exact) mass is 498 g/mol. The molecule has 0 bridgehead atoms. The third-order valence-corrected chi connectivity index (χ3v) is 12.3. The van der Waals surface area contributed by atoms with Crippen molar-refractivity contribution in [1.29, 1.82) is 0 Å². The minimum Gasteiger partial charge on any atom is -0.469 e. The number of carbonyl (C=O) groups is 3. The fourth-order valence-corrected chi connectivity index (χ4v) is 10.0. The van der Waals surface area contributed by atoms with Gasteiger partial charge in [0.05, 0.1) is 12.5 Å². The molecule has 0 aromatic heterocycles. The third-order valence-electron chi connectivity index (χ3n) is 12.3. The molecular weight excluding hydrogens is 455 g/mol. The number of carbonyl (C=O) groups excluding carboxylic acids is 3. The average Bonchev–Trinajstić information content (AvgIpc) is 2.78. The van der Waals surface area contributed by atoms with Crippen LogP contribution in [0.25, 0.3) is 0 Å². The summed E-state index contributed by atoms with van der Waals surface area (Å²) in [5, 5.41) is 0. The van der Waals surface area contributed by atoms with Crippen LogP contribution >= 0.6 is 0 Å². The van der Waals surface area contributed by atoms with Crippen molar-refractivity contribution < 1.29 is 23.5 Å². The van der Waals surface area contributed by atoms with Crippen LogP contribution in [-0.4, -0.2) is 24.6 Å². The lowest BCUT2D eigenvalue weighted by Gasteiger charge is -2.68. The Morgan fingerprint density at radius 3 is 2.25 bits per heavy atom. The highest BCUT2D eigenvalue weighted by Gasteiger charge is 2.71. The second-order valence-corrected chi connectivity index (χ2v) is 14.7. The number of esters is 1. The van der Waals surface area contributed by atoms with Crippen molar-refractivity contribution in [3.8, 4) is 0 Å². The van der Waals surface area contributed by atoms with E-state index in [-0.39, 0.29) is 45.8 Å². The molecule has 0 aliphatic heterocycles. The number of fused-ring (bicyclic) bond motifs is 7. The topological polar surface area (TPSA) is 60.4 Å². The lowest BCUT2D eigenvalue weighted by atomic mass is 9.34. The number of ketones is 2. The number of Topliss-reactive ketones (excluding diaryl/α,β-unsaturated/α-hetero) is 1. The van der Waals surface area contributed by atoms with Gasteiger partial charge in [-0.25, -0.2) is 4.39 Å². The summed E-state index contributed by atoms with van der Waals surface area (Å²) in [6.07, 6.45) is 9.02. The van der Waals surface area contributed by atoms with E-state index in [1.165, 1.54) is 13.2 Å². The first kappa shape index (κ1) is 25.9. The highest BCUT2D eigenvalue weighted by Crippen LogP contribution is 2.74. The minimum absolute atomic E-state index is 0.0505. The number of hydrogen-bond donors (Lipinski definition) is 0. The summed E-state index contributed by atoms with van der Waals surface area (Å²) in [6.45, 7) is 14.8. The van der Waals surface area contributed by atoms with E-state index in [1.807, 2.05) is 26.8 Å². The molecule has 0 aromatic carbocycles. The van der Waals surface area contributed by atoms with Crippen LogP contribution < -0.4 is 0 Å². The largest absolute Gasteiger partial charge is 0.469 e. The van der Waals surface area contributed by atoms with Gasteiger partial charge in [0.15, 0.2) is 17.4 Å². The molecule has 0 radical (unpaired) electrons. The zero-order valence-corrected chi connectivity index (χ0v) is 23.3. The summed E-state index contributed by atoms with van der Waals surface area (Å²) in [4.78, 5) is 40.4. The lowest BCUT2D eigenvalue weighted by molar-refractivity contribution is -0.191. The first-order chi connectivity index (χ1) is 16.5. The predicted molar refractivity (Wildman–Crippen MR) is 136 cm³/mol. The van der Waals surface area contributed by atoms with Crippen molar-refractivity contribution >= 4 is 17.5 Å². The Balaban J connectivity index is 1.69. The maximum absolute atomic E-state index is 15.1. The van der Waals surface area contributed by atoms with Crippen LogP contribution in [0.2, 0.25) is 0 Å². The van der Waals surface area contributed by atoms with Gasteiger partial charge in [0.2, 0.25) is 0 Å². The van der Waals surface area contributed by atoms with Crippen LogP contribution in [0.4, 0.5) is 4.39 Å². The second-order valence-electron chi connectivity index (χ2n) is 14.7. The second kappa shape index (κ2) is 7.41. The van der Waals surface area contributed by atoms with Crippen molar-refractivity contribution in [1.82, 2.24) is 0 Å². The van der Waals surface area contributed by atoms with Crippen molar-refractivity contribution in [2.75, 3.05) is 7.11 Å². The van der Waals surface area contributed by atoms with Crippen molar-refractivity contribution in [3.05, 3.63) is 23.6 Å². The molecule has 0 heterocycles. The number of methoxy groups -OCH3 is 1. The SMILES string of the molecule is COC(=O)[C@]12CCC(C)(C)C[C@H]1[C@H]1C(=O)C=C3[C@@]4(C)C=C(F)C(=O)C(C)(C)C4CC[C@@]3(C)[C@]1(C)CC2. The Bertz CT molecular complexity index is 1110.